The van der Waals surface area contributed by atoms with E-state index >= 15 is 0 Å². The van der Waals surface area contributed by atoms with E-state index in [1.165, 1.54) is 28.2 Å². The summed E-state index contributed by atoms with van der Waals surface area (Å²) in [5.74, 6) is 0. The predicted octanol–water partition coefficient (Wildman–Crippen LogP) is 5.37. The zero-order valence-corrected chi connectivity index (χ0v) is 19.9. The smallest absolute Gasteiger partial charge is 0.170 e. The molecular formula is C27H27N5S. The second-order valence-corrected chi connectivity index (χ2v) is 8.96. The highest BCUT2D eigenvalue weighted by atomic mass is 32.1. The van der Waals surface area contributed by atoms with Gasteiger partial charge in [-0.05, 0) is 86.6 Å². The van der Waals surface area contributed by atoms with Crippen LogP contribution in [0.1, 0.15) is 46.0 Å². The molecule has 6 heteroatoms. The Kier molecular flexibility index (Phi) is 5.68. The fourth-order valence-corrected chi connectivity index (χ4v) is 5.14. The largest absolute Gasteiger partial charge is 0.352 e. The number of pyridine rings is 2. The van der Waals surface area contributed by atoms with E-state index in [9.17, 15) is 0 Å². The standard InChI is InChI=1S/C27H27N5S/c1-18-9-8-11-22(15-18)32-19(2)16-23(20(32)3)26-25(24-12-5-7-14-29-24)30-27(33)31(26)17-21-10-4-6-13-28-21/h4-16,25-26H,17H2,1-3H3,(H,30,33)/t25-,26-/m0/s1. The minimum absolute atomic E-state index is 0.000773. The Morgan fingerprint density at radius 1 is 0.909 bits per heavy atom. The number of aryl methyl sites for hydroxylation is 2. The zero-order chi connectivity index (χ0) is 22.9. The Morgan fingerprint density at radius 2 is 1.70 bits per heavy atom. The lowest BCUT2D eigenvalue weighted by molar-refractivity contribution is 0.307. The van der Waals surface area contributed by atoms with Gasteiger partial charge in [0.1, 0.15) is 0 Å². The average Bonchev–Trinajstić information content (AvgIpc) is 3.30. The van der Waals surface area contributed by atoms with Gasteiger partial charge in [0, 0.05) is 29.5 Å². The van der Waals surface area contributed by atoms with E-state index in [4.69, 9.17) is 12.2 Å². The van der Waals surface area contributed by atoms with Crippen molar-refractivity contribution in [2.75, 3.05) is 0 Å². The topological polar surface area (TPSA) is 46.0 Å². The van der Waals surface area contributed by atoms with E-state index in [2.05, 4.69) is 81.9 Å². The van der Waals surface area contributed by atoms with Crippen molar-refractivity contribution in [3.63, 3.8) is 0 Å². The third-order valence-electron chi connectivity index (χ3n) is 6.31. The Morgan fingerprint density at radius 3 is 2.39 bits per heavy atom. The van der Waals surface area contributed by atoms with Gasteiger partial charge in [-0.25, -0.2) is 0 Å². The molecule has 5 nitrogen and oxygen atoms in total. The van der Waals surface area contributed by atoms with Gasteiger partial charge in [0.2, 0.25) is 0 Å². The van der Waals surface area contributed by atoms with E-state index < -0.39 is 0 Å². The molecule has 5 rings (SSSR count). The third kappa shape index (κ3) is 4.02. The Bertz CT molecular complexity index is 1280. The average molecular weight is 454 g/mol. The van der Waals surface area contributed by atoms with Crippen LogP contribution < -0.4 is 5.32 Å². The number of nitrogens with zero attached hydrogens (tertiary/aromatic N) is 4. The molecule has 2 atom stereocenters. The van der Waals surface area contributed by atoms with Crippen molar-refractivity contribution in [3.05, 3.63) is 113 Å². The highest BCUT2D eigenvalue weighted by molar-refractivity contribution is 7.80. The molecule has 1 N–H and O–H groups in total. The van der Waals surface area contributed by atoms with Crippen molar-refractivity contribution in [3.8, 4) is 5.69 Å². The highest BCUT2D eigenvalue weighted by Gasteiger charge is 2.41. The fraction of sp³-hybridized carbons (Fsp3) is 0.222. The Balaban J connectivity index is 1.62. The Labute approximate surface area is 200 Å². The number of aromatic nitrogens is 3. The first-order valence-electron chi connectivity index (χ1n) is 11.2. The van der Waals surface area contributed by atoms with Crippen LogP contribution in [0.15, 0.2) is 79.1 Å². The molecule has 1 aromatic carbocycles. The molecule has 166 valence electrons. The summed E-state index contributed by atoms with van der Waals surface area (Å²) in [4.78, 5) is 11.5. The number of rotatable bonds is 5. The van der Waals surface area contributed by atoms with Crippen molar-refractivity contribution < 1.29 is 0 Å². The molecule has 0 amide bonds. The summed E-state index contributed by atoms with van der Waals surface area (Å²) in [6.07, 6.45) is 3.67. The summed E-state index contributed by atoms with van der Waals surface area (Å²) in [7, 11) is 0. The summed E-state index contributed by atoms with van der Waals surface area (Å²) < 4.78 is 2.33. The van der Waals surface area contributed by atoms with E-state index in [1.807, 2.05) is 42.7 Å². The quantitative estimate of drug-likeness (QED) is 0.412. The monoisotopic (exact) mass is 453 g/mol. The molecule has 1 aliphatic rings. The lowest BCUT2D eigenvalue weighted by atomic mass is 9.96. The molecular weight excluding hydrogens is 426 g/mol. The number of benzene rings is 1. The van der Waals surface area contributed by atoms with Gasteiger partial charge >= 0.3 is 0 Å². The molecule has 1 saturated heterocycles. The number of hydrogen-bond donors (Lipinski definition) is 1. The lowest BCUT2D eigenvalue weighted by Crippen LogP contribution is -2.29. The molecule has 33 heavy (non-hydrogen) atoms. The second-order valence-electron chi connectivity index (χ2n) is 8.58. The van der Waals surface area contributed by atoms with Gasteiger partial charge in [0.05, 0.1) is 30.0 Å². The van der Waals surface area contributed by atoms with Crippen molar-refractivity contribution in [2.45, 2.75) is 39.4 Å². The minimum Gasteiger partial charge on any atom is -0.352 e. The number of nitrogens with one attached hydrogen (secondary N) is 1. The van der Waals surface area contributed by atoms with Gasteiger partial charge in [-0.2, -0.15) is 0 Å². The first-order valence-corrected chi connectivity index (χ1v) is 11.6. The molecule has 4 heterocycles. The molecule has 0 spiro atoms. The van der Waals surface area contributed by atoms with Crippen molar-refractivity contribution in [1.29, 1.82) is 0 Å². The normalized spacial score (nSPS) is 17.9. The summed E-state index contributed by atoms with van der Waals surface area (Å²) >= 11 is 5.84. The first kappa shape index (κ1) is 21.3. The summed E-state index contributed by atoms with van der Waals surface area (Å²) in [6, 6.07) is 22.9. The second kappa shape index (κ2) is 8.79. The van der Waals surface area contributed by atoms with Gasteiger partial charge in [0.15, 0.2) is 5.11 Å². The van der Waals surface area contributed by atoms with Crippen LogP contribution in [0.25, 0.3) is 5.69 Å². The van der Waals surface area contributed by atoms with Crippen LogP contribution in [0.3, 0.4) is 0 Å². The molecule has 4 aromatic rings. The maximum absolute atomic E-state index is 5.84. The Hall–Kier alpha value is -3.51. The first-order chi connectivity index (χ1) is 16.0. The van der Waals surface area contributed by atoms with E-state index in [1.54, 1.807) is 0 Å². The maximum Gasteiger partial charge on any atom is 0.170 e. The van der Waals surface area contributed by atoms with Crippen LogP contribution in [-0.2, 0) is 6.54 Å². The van der Waals surface area contributed by atoms with Crippen LogP contribution >= 0.6 is 12.2 Å². The van der Waals surface area contributed by atoms with Crippen LogP contribution in [0, 0.1) is 20.8 Å². The molecule has 0 unspecified atom stereocenters. The SMILES string of the molecule is Cc1cccc(-n2c(C)cc([C@H]3[C@H](c4ccccn4)NC(=S)N3Cc3ccccn3)c2C)c1. The highest BCUT2D eigenvalue weighted by Crippen LogP contribution is 2.42. The lowest BCUT2D eigenvalue weighted by Gasteiger charge is -2.28. The third-order valence-corrected chi connectivity index (χ3v) is 6.66. The van der Waals surface area contributed by atoms with Crippen LogP contribution in [-0.4, -0.2) is 24.5 Å². The number of thiocarbonyl (C=S) groups is 1. The number of hydrogen-bond acceptors (Lipinski definition) is 3. The van der Waals surface area contributed by atoms with Gasteiger partial charge in [0.25, 0.3) is 0 Å². The van der Waals surface area contributed by atoms with E-state index in [-0.39, 0.29) is 12.1 Å². The van der Waals surface area contributed by atoms with Crippen molar-refractivity contribution in [2.24, 2.45) is 0 Å². The maximum atomic E-state index is 5.84. The van der Waals surface area contributed by atoms with Crippen LogP contribution in [0.4, 0.5) is 0 Å². The summed E-state index contributed by atoms with van der Waals surface area (Å²) in [5, 5.41) is 4.28. The molecule has 1 fully saturated rings. The minimum atomic E-state index is -0.0473. The van der Waals surface area contributed by atoms with Crippen molar-refractivity contribution in [1.82, 2.24) is 24.8 Å². The van der Waals surface area contributed by atoms with Gasteiger partial charge in [-0.15, -0.1) is 0 Å². The summed E-state index contributed by atoms with van der Waals surface area (Å²) in [5.41, 5.74) is 8.04. The van der Waals surface area contributed by atoms with E-state index in [0.717, 1.165) is 16.5 Å². The molecule has 0 aliphatic carbocycles. The molecule has 0 saturated carbocycles. The van der Waals surface area contributed by atoms with E-state index in [0.29, 0.717) is 6.54 Å². The molecule has 0 radical (unpaired) electrons. The zero-order valence-electron chi connectivity index (χ0n) is 19.1. The van der Waals surface area contributed by atoms with Gasteiger partial charge in [-0.3, -0.25) is 9.97 Å². The van der Waals surface area contributed by atoms with Crippen molar-refractivity contribution >= 4 is 17.3 Å². The van der Waals surface area contributed by atoms with Gasteiger partial charge < -0.3 is 14.8 Å². The summed E-state index contributed by atoms with van der Waals surface area (Å²) in [6.45, 7) is 7.12. The molecule has 0 bridgehead atoms. The van der Waals surface area contributed by atoms with Crippen LogP contribution in [0.5, 0.6) is 0 Å². The van der Waals surface area contributed by atoms with Crippen LogP contribution in [0.2, 0.25) is 0 Å². The fourth-order valence-electron chi connectivity index (χ4n) is 4.83. The predicted molar refractivity (Wildman–Crippen MR) is 135 cm³/mol. The molecule has 1 aliphatic heterocycles. The molecule has 3 aromatic heterocycles. The van der Waals surface area contributed by atoms with Gasteiger partial charge in [-0.1, -0.05) is 24.3 Å².